The molecule has 3 rings (SSSR count). The van der Waals surface area contributed by atoms with Gasteiger partial charge in [0.1, 0.15) is 6.33 Å². The first kappa shape index (κ1) is 15.3. The Morgan fingerprint density at radius 1 is 1.17 bits per heavy atom. The monoisotopic (exact) mass is 418 g/mol. The van der Waals surface area contributed by atoms with E-state index in [4.69, 9.17) is 0 Å². The van der Waals surface area contributed by atoms with Crippen molar-refractivity contribution in [1.29, 1.82) is 0 Å². The maximum atomic E-state index is 12.0. The van der Waals surface area contributed by atoms with E-state index in [1.54, 1.807) is 30.5 Å². The van der Waals surface area contributed by atoms with Gasteiger partial charge in [0.2, 0.25) is 0 Å². The molecule has 114 valence electrons. The van der Waals surface area contributed by atoms with Gasteiger partial charge in [-0.05, 0) is 63.3 Å². The number of nitrogens with one attached hydrogen (secondary N) is 1. The highest BCUT2D eigenvalue weighted by Gasteiger charge is 2.05. The number of amides is 1. The Bertz CT molecular complexity index is 829. The molecule has 0 aliphatic carbocycles. The molecule has 0 atom stereocenters. The van der Waals surface area contributed by atoms with Gasteiger partial charge in [-0.15, -0.1) is 5.10 Å². The molecule has 0 aliphatic heterocycles. The van der Waals surface area contributed by atoms with E-state index in [1.165, 1.54) is 11.0 Å². The van der Waals surface area contributed by atoms with Gasteiger partial charge < -0.3 is 0 Å². The van der Waals surface area contributed by atoms with Gasteiger partial charge in [-0.25, -0.2) is 10.1 Å². The van der Waals surface area contributed by atoms with Gasteiger partial charge in [0, 0.05) is 14.7 Å². The van der Waals surface area contributed by atoms with E-state index in [2.05, 4.69) is 48.6 Å². The van der Waals surface area contributed by atoms with Crippen molar-refractivity contribution < 1.29 is 4.79 Å². The summed E-state index contributed by atoms with van der Waals surface area (Å²) in [6.07, 6.45) is 3.11. The van der Waals surface area contributed by atoms with E-state index in [-0.39, 0.29) is 5.91 Å². The maximum absolute atomic E-state index is 12.0. The summed E-state index contributed by atoms with van der Waals surface area (Å²) in [4.78, 5) is 12.0. The van der Waals surface area contributed by atoms with Crippen LogP contribution in [0.2, 0.25) is 0 Å². The molecule has 0 spiro atoms. The van der Waals surface area contributed by atoms with E-state index in [0.717, 1.165) is 14.8 Å². The molecule has 0 bridgehead atoms. The molecular weight excluding hydrogens is 407 g/mol. The standard InChI is InChI=1S/C15H11IN6O/c16-14-4-2-1-3-12(14)9-17-19-15(23)11-5-7-13(8-6-11)22-10-18-20-21-22/h1-10H,(H,19,23)/b17-9+. The van der Waals surface area contributed by atoms with E-state index >= 15 is 0 Å². The van der Waals surface area contributed by atoms with Crippen molar-refractivity contribution in [2.45, 2.75) is 0 Å². The van der Waals surface area contributed by atoms with Crippen LogP contribution in [-0.2, 0) is 0 Å². The number of hydrazone groups is 1. The summed E-state index contributed by atoms with van der Waals surface area (Å²) < 4.78 is 2.57. The Kier molecular flexibility index (Phi) is 4.71. The number of halogens is 1. The van der Waals surface area contributed by atoms with Crippen molar-refractivity contribution in [3.63, 3.8) is 0 Å². The van der Waals surface area contributed by atoms with Crippen LogP contribution in [0.25, 0.3) is 5.69 Å². The van der Waals surface area contributed by atoms with Crippen LogP contribution in [0.15, 0.2) is 60.0 Å². The Hall–Kier alpha value is -2.62. The molecule has 1 aromatic heterocycles. The van der Waals surface area contributed by atoms with Gasteiger partial charge in [0.05, 0.1) is 11.9 Å². The van der Waals surface area contributed by atoms with Crippen LogP contribution in [0.3, 0.4) is 0 Å². The van der Waals surface area contributed by atoms with E-state index in [9.17, 15) is 4.79 Å². The molecule has 3 aromatic rings. The lowest BCUT2D eigenvalue weighted by atomic mass is 10.2. The SMILES string of the molecule is O=C(N/N=C/c1ccccc1I)c1ccc(-n2cnnn2)cc1. The average Bonchev–Trinajstić information content (AvgIpc) is 3.11. The lowest BCUT2D eigenvalue weighted by molar-refractivity contribution is 0.0955. The summed E-state index contributed by atoms with van der Waals surface area (Å²) in [7, 11) is 0. The number of nitrogens with zero attached hydrogens (tertiary/aromatic N) is 5. The molecule has 0 aliphatic rings. The molecule has 1 heterocycles. The zero-order valence-corrected chi connectivity index (χ0v) is 14.0. The minimum atomic E-state index is -0.282. The third kappa shape index (κ3) is 3.77. The number of carbonyl (C=O) groups excluding carboxylic acids is 1. The molecular formula is C15H11IN6O. The average molecular weight is 418 g/mol. The number of rotatable bonds is 4. The zero-order chi connectivity index (χ0) is 16.1. The summed E-state index contributed by atoms with van der Waals surface area (Å²) in [5.41, 5.74) is 4.73. The third-order valence-corrected chi connectivity index (χ3v) is 4.00. The number of benzene rings is 2. The van der Waals surface area contributed by atoms with Crippen molar-refractivity contribution in [2.24, 2.45) is 5.10 Å². The Morgan fingerprint density at radius 3 is 2.65 bits per heavy atom. The van der Waals surface area contributed by atoms with Gasteiger partial charge in [0.25, 0.3) is 5.91 Å². The second-order valence-electron chi connectivity index (χ2n) is 4.52. The second-order valence-corrected chi connectivity index (χ2v) is 5.68. The molecule has 0 radical (unpaired) electrons. The van der Waals surface area contributed by atoms with Crippen molar-refractivity contribution in [3.05, 3.63) is 69.6 Å². The number of aromatic nitrogens is 4. The molecule has 23 heavy (non-hydrogen) atoms. The predicted molar refractivity (Wildman–Crippen MR) is 93.4 cm³/mol. The first-order valence-corrected chi connectivity index (χ1v) is 7.73. The smallest absolute Gasteiger partial charge is 0.267 e. The molecule has 0 saturated carbocycles. The quantitative estimate of drug-likeness (QED) is 0.399. The first-order valence-electron chi connectivity index (χ1n) is 6.65. The van der Waals surface area contributed by atoms with Crippen LogP contribution in [0.5, 0.6) is 0 Å². The highest BCUT2D eigenvalue weighted by Crippen LogP contribution is 2.09. The molecule has 2 aromatic carbocycles. The van der Waals surface area contributed by atoms with Crippen LogP contribution in [-0.4, -0.2) is 32.3 Å². The zero-order valence-electron chi connectivity index (χ0n) is 11.8. The molecule has 0 fully saturated rings. The Labute approximate surface area is 145 Å². The summed E-state index contributed by atoms with van der Waals surface area (Å²) in [6, 6.07) is 14.7. The normalized spacial score (nSPS) is 10.8. The number of tetrazole rings is 1. The van der Waals surface area contributed by atoms with Gasteiger partial charge in [-0.3, -0.25) is 4.79 Å². The number of hydrogen-bond acceptors (Lipinski definition) is 5. The lowest BCUT2D eigenvalue weighted by Crippen LogP contribution is -2.17. The minimum Gasteiger partial charge on any atom is -0.267 e. The van der Waals surface area contributed by atoms with Gasteiger partial charge in [0.15, 0.2) is 0 Å². The summed E-state index contributed by atoms with van der Waals surface area (Å²) in [6.45, 7) is 0. The van der Waals surface area contributed by atoms with Crippen molar-refractivity contribution >= 4 is 34.7 Å². The summed E-state index contributed by atoms with van der Waals surface area (Å²) in [5.74, 6) is -0.282. The summed E-state index contributed by atoms with van der Waals surface area (Å²) in [5, 5.41) is 14.9. The predicted octanol–water partition coefficient (Wildman–Crippen LogP) is 2.03. The molecule has 8 heteroatoms. The molecule has 1 amide bonds. The van der Waals surface area contributed by atoms with Gasteiger partial charge >= 0.3 is 0 Å². The second kappa shape index (κ2) is 7.09. The highest BCUT2D eigenvalue weighted by atomic mass is 127. The minimum absolute atomic E-state index is 0.282. The lowest BCUT2D eigenvalue weighted by Gasteiger charge is -2.02. The van der Waals surface area contributed by atoms with Crippen LogP contribution in [0, 0.1) is 3.57 Å². The van der Waals surface area contributed by atoms with Gasteiger partial charge in [-0.2, -0.15) is 5.10 Å². The van der Waals surface area contributed by atoms with E-state index in [0.29, 0.717) is 5.56 Å². The maximum Gasteiger partial charge on any atom is 0.271 e. The van der Waals surface area contributed by atoms with Crippen molar-refractivity contribution in [1.82, 2.24) is 25.6 Å². The fourth-order valence-corrected chi connectivity index (χ4v) is 2.38. The fourth-order valence-electron chi connectivity index (χ4n) is 1.85. The number of hydrogen-bond donors (Lipinski definition) is 1. The van der Waals surface area contributed by atoms with E-state index < -0.39 is 0 Å². The fraction of sp³-hybridized carbons (Fsp3) is 0. The molecule has 0 saturated heterocycles. The van der Waals surface area contributed by atoms with Crippen LogP contribution in [0.4, 0.5) is 0 Å². The molecule has 0 unspecified atom stereocenters. The molecule has 1 N–H and O–H groups in total. The number of carbonyl (C=O) groups is 1. The van der Waals surface area contributed by atoms with Gasteiger partial charge in [-0.1, -0.05) is 18.2 Å². The van der Waals surface area contributed by atoms with Crippen LogP contribution in [0.1, 0.15) is 15.9 Å². The van der Waals surface area contributed by atoms with Crippen LogP contribution < -0.4 is 5.43 Å². The largest absolute Gasteiger partial charge is 0.271 e. The Morgan fingerprint density at radius 2 is 1.96 bits per heavy atom. The van der Waals surface area contributed by atoms with Crippen molar-refractivity contribution in [3.8, 4) is 5.69 Å². The van der Waals surface area contributed by atoms with Crippen LogP contribution >= 0.6 is 22.6 Å². The topological polar surface area (TPSA) is 85.1 Å². The Balaban J connectivity index is 1.66. The van der Waals surface area contributed by atoms with E-state index in [1.807, 2.05) is 24.3 Å². The summed E-state index contributed by atoms with van der Waals surface area (Å²) >= 11 is 2.22. The van der Waals surface area contributed by atoms with Crippen molar-refractivity contribution in [2.75, 3.05) is 0 Å². The highest BCUT2D eigenvalue weighted by molar-refractivity contribution is 14.1. The third-order valence-electron chi connectivity index (χ3n) is 3.02. The first-order chi connectivity index (χ1) is 11.2. The molecule has 7 nitrogen and oxygen atoms in total.